The van der Waals surface area contributed by atoms with Crippen LogP contribution in [0.3, 0.4) is 0 Å². The van der Waals surface area contributed by atoms with E-state index >= 15 is 0 Å². The third-order valence-corrected chi connectivity index (χ3v) is 5.37. The van der Waals surface area contributed by atoms with Gasteiger partial charge in [0.1, 0.15) is 0 Å². The van der Waals surface area contributed by atoms with Crippen molar-refractivity contribution in [2.24, 2.45) is 5.92 Å². The van der Waals surface area contributed by atoms with E-state index in [9.17, 15) is 9.90 Å². The number of aliphatic hydroxyl groups is 1. The first-order valence-corrected chi connectivity index (χ1v) is 8.85. The van der Waals surface area contributed by atoms with Gasteiger partial charge in [-0.2, -0.15) is 0 Å². The first kappa shape index (κ1) is 18.2. The Morgan fingerprint density at radius 3 is 2.61 bits per heavy atom. The summed E-state index contributed by atoms with van der Waals surface area (Å²) in [5.74, 6) is -0.129. The van der Waals surface area contributed by atoms with Gasteiger partial charge in [0.25, 0.3) is 5.91 Å². The summed E-state index contributed by atoms with van der Waals surface area (Å²) in [4.78, 5) is 12.3. The summed E-state index contributed by atoms with van der Waals surface area (Å²) in [6.45, 7) is 2.44. The van der Waals surface area contributed by atoms with Gasteiger partial charge in [-0.1, -0.05) is 35.9 Å². The number of halogens is 2. The third-order valence-electron chi connectivity index (χ3n) is 3.68. The van der Waals surface area contributed by atoms with E-state index in [1.807, 2.05) is 49.4 Å². The maximum atomic E-state index is 12.3. The molecular formula is C18H19ClINO2. The first-order chi connectivity index (χ1) is 11.0. The summed E-state index contributed by atoms with van der Waals surface area (Å²) >= 11 is 8.06. The molecule has 5 heteroatoms. The van der Waals surface area contributed by atoms with Gasteiger partial charge in [-0.15, -0.1) is 0 Å². The van der Waals surface area contributed by atoms with Gasteiger partial charge < -0.3 is 10.4 Å². The van der Waals surface area contributed by atoms with Crippen molar-refractivity contribution in [2.45, 2.75) is 13.3 Å². The Labute approximate surface area is 155 Å². The fraction of sp³-hybridized carbons (Fsp3) is 0.278. The number of amides is 1. The van der Waals surface area contributed by atoms with Crippen LogP contribution in [-0.4, -0.2) is 24.2 Å². The van der Waals surface area contributed by atoms with Crippen molar-refractivity contribution in [3.05, 3.63) is 67.7 Å². The van der Waals surface area contributed by atoms with Gasteiger partial charge in [-0.25, -0.2) is 0 Å². The van der Waals surface area contributed by atoms with Gasteiger partial charge in [0.15, 0.2) is 0 Å². The lowest BCUT2D eigenvalue weighted by molar-refractivity contribution is 0.0939. The smallest absolute Gasteiger partial charge is 0.252 e. The number of rotatable bonds is 6. The van der Waals surface area contributed by atoms with Crippen molar-refractivity contribution >= 4 is 40.1 Å². The van der Waals surface area contributed by atoms with Crippen LogP contribution in [0.1, 0.15) is 21.5 Å². The van der Waals surface area contributed by atoms with Crippen LogP contribution in [0.25, 0.3) is 0 Å². The zero-order chi connectivity index (χ0) is 16.8. The molecule has 2 aromatic rings. The summed E-state index contributed by atoms with van der Waals surface area (Å²) in [6, 6.07) is 13.2. The summed E-state index contributed by atoms with van der Waals surface area (Å²) in [5, 5.41) is 13.2. The molecule has 0 bridgehead atoms. The normalized spacial score (nSPS) is 12.0. The molecule has 23 heavy (non-hydrogen) atoms. The molecule has 3 nitrogen and oxygen atoms in total. The molecule has 0 radical (unpaired) electrons. The minimum atomic E-state index is -0.104. The quantitative estimate of drug-likeness (QED) is 0.667. The second-order valence-electron chi connectivity index (χ2n) is 5.53. The molecule has 0 aromatic heterocycles. The number of aliphatic hydroxyl groups excluding tert-OH is 1. The van der Waals surface area contributed by atoms with Crippen molar-refractivity contribution < 1.29 is 9.90 Å². The van der Waals surface area contributed by atoms with E-state index in [0.717, 1.165) is 14.7 Å². The number of hydrogen-bond donors (Lipinski definition) is 2. The van der Waals surface area contributed by atoms with Gasteiger partial charge in [-0.3, -0.25) is 4.79 Å². The van der Waals surface area contributed by atoms with E-state index in [2.05, 4.69) is 27.9 Å². The first-order valence-electron chi connectivity index (χ1n) is 7.40. The molecule has 0 saturated carbocycles. The lowest BCUT2D eigenvalue weighted by Crippen LogP contribution is -2.32. The van der Waals surface area contributed by atoms with Crippen LogP contribution in [0.5, 0.6) is 0 Å². The molecule has 0 saturated heterocycles. The molecule has 1 atom stereocenters. The fourth-order valence-corrected chi connectivity index (χ4v) is 3.04. The predicted octanol–water partition coefficient (Wildman–Crippen LogP) is 3.83. The van der Waals surface area contributed by atoms with E-state index < -0.39 is 0 Å². The van der Waals surface area contributed by atoms with Gasteiger partial charge >= 0.3 is 0 Å². The molecule has 2 rings (SSSR count). The molecule has 0 heterocycles. The molecule has 2 N–H and O–H groups in total. The van der Waals surface area contributed by atoms with Crippen molar-refractivity contribution in [3.63, 3.8) is 0 Å². The zero-order valence-electron chi connectivity index (χ0n) is 12.9. The number of carbonyl (C=O) groups excluding carboxylic acids is 1. The second kappa shape index (κ2) is 8.66. The van der Waals surface area contributed by atoms with Gasteiger partial charge in [0, 0.05) is 27.7 Å². The van der Waals surface area contributed by atoms with Gasteiger partial charge in [-0.05, 0) is 65.3 Å². The zero-order valence-corrected chi connectivity index (χ0v) is 15.8. The Balaban J connectivity index is 1.96. The minimum absolute atomic E-state index is 0.0216. The van der Waals surface area contributed by atoms with Crippen molar-refractivity contribution in [1.29, 1.82) is 0 Å². The Hall–Kier alpha value is -1.11. The number of aryl methyl sites for hydroxylation is 1. The average Bonchev–Trinajstić information content (AvgIpc) is 2.55. The molecule has 0 unspecified atom stereocenters. The predicted molar refractivity (Wildman–Crippen MR) is 102 cm³/mol. The van der Waals surface area contributed by atoms with Crippen molar-refractivity contribution in [2.75, 3.05) is 13.2 Å². The Bertz CT molecular complexity index is 673. The molecule has 0 aliphatic carbocycles. The SMILES string of the molecule is Cc1cccc(C(=O)NC[C@@H](CO)Cc2ccc(Cl)cc2)c1I. The number of carbonyl (C=O) groups is 1. The fourth-order valence-electron chi connectivity index (χ4n) is 2.31. The van der Waals surface area contributed by atoms with Gasteiger partial charge in [0.05, 0.1) is 5.56 Å². The van der Waals surface area contributed by atoms with Crippen LogP contribution in [0.4, 0.5) is 0 Å². The standard InChI is InChI=1S/C18H19ClINO2/c1-12-3-2-4-16(17(12)20)18(23)21-10-14(11-22)9-13-5-7-15(19)8-6-13/h2-8,14,22H,9-11H2,1H3,(H,21,23)/t14-/m0/s1. The highest BCUT2D eigenvalue weighted by Gasteiger charge is 2.14. The second-order valence-corrected chi connectivity index (χ2v) is 7.04. The number of nitrogens with one attached hydrogen (secondary N) is 1. The Kier molecular flexibility index (Phi) is 6.87. The van der Waals surface area contributed by atoms with Crippen LogP contribution >= 0.6 is 34.2 Å². The highest BCUT2D eigenvalue weighted by molar-refractivity contribution is 14.1. The molecule has 0 aliphatic heterocycles. The lowest BCUT2D eigenvalue weighted by Gasteiger charge is -2.16. The van der Waals surface area contributed by atoms with Crippen molar-refractivity contribution in [1.82, 2.24) is 5.32 Å². The van der Waals surface area contributed by atoms with Crippen LogP contribution < -0.4 is 5.32 Å². The van der Waals surface area contributed by atoms with Crippen LogP contribution in [0.2, 0.25) is 5.02 Å². The maximum Gasteiger partial charge on any atom is 0.252 e. The summed E-state index contributed by atoms with van der Waals surface area (Å²) in [5.41, 5.74) is 2.85. The summed E-state index contributed by atoms with van der Waals surface area (Å²) in [6.07, 6.45) is 0.693. The molecule has 122 valence electrons. The summed E-state index contributed by atoms with van der Waals surface area (Å²) in [7, 11) is 0. The third kappa shape index (κ3) is 5.19. The summed E-state index contributed by atoms with van der Waals surface area (Å²) < 4.78 is 0.959. The lowest BCUT2D eigenvalue weighted by atomic mass is 10.00. The number of benzene rings is 2. The van der Waals surface area contributed by atoms with E-state index in [4.69, 9.17) is 11.6 Å². The Morgan fingerprint density at radius 1 is 1.26 bits per heavy atom. The molecule has 1 amide bonds. The molecule has 0 aliphatic rings. The minimum Gasteiger partial charge on any atom is -0.396 e. The van der Waals surface area contributed by atoms with Crippen LogP contribution in [0.15, 0.2) is 42.5 Å². The highest BCUT2D eigenvalue weighted by atomic mass is 127. The van der Waals surface area contributed by atoms with Crippen LogP contribution in [-0.2, 0) is 6.42 Å². The van der Waals surface area contributed by atoms with E-state index in [1.54, 1.807) is 0 Å². The molecule has 0 fully saturated rings. The van der Waals surface area contributed by atoms with Crippen LogP contribution in [0, 0.1) is 16.4 Å². The Morgan fingerprint density at radius 2 is 1.96 bits per heavy atom. The van der Waals surface area contributed by atoms with Crippen molar-refractivity contribution in [3.8, 4) is 0 Å². The molecule has 2 aromatic carbocycles. The average molecular weight is 444 g/mol. The van der Waals surface area contributed by atoms with E-state index in [0.29, 0.717) is 23.6 Å². The monoisotopic (exact) mass is 443 g/mol. The number of hydrogen-bond acceptors (Lipinski definition) is 2. The van der Waals surface area contributed by atoms with Gasteiger partial charge in [0.2, 0.25) is 0 Å². The topological polar surface area (TPSA) is 49.3 Å². The largest absolute Gasteiger partial charge is 0.396 e. The van der Waals surface area contributed by atoms with E-state index in [1.165, 1.54) is 0 Å². The molecular weight excluding hydrogens is 425 g/mol. The van der Waals surface area contributed by atoms with E-state index in [-0.39, 0.29) is 18.4 Å². The maximum absolute atomic E-state index is 12.3. The molecule has 0 spiro atoms. The highest BCUT2D eigenvalue weighted by Crippen LogP contribution is 2.17.